The molecule has 3 rings (SSSR count). The van der Waals surface area contributed by atoms with E-state index in [1.165, 1.54) is 0 Å². The first-order valence-corrected chi connectivity index (χ1v) is 8.55. The molecule has 2 heteroatoms. The van der Waals surface area contributed by atoms with Crippen LogP contribution in [-0.2, 0) is 12.1 Å². The third-order valence-electron chi connectivity index (χ3n) is 4.75. The summed E-state index contributed by atoms with van der Waals surface area (Å²) in [5.41, 5.74) is 0.302. The van der Waals surface area contributed by atoms with Crippen LogP contribution in [0.1, 0.15) is 47.4 Å². The maximum absolute atomic E-state index is 8.89. The molecule has 0 N–H and O–H groups in total. The van der Waals surface area contributed by atoms with Gasteiger partial charge in [-0.05, 0) is 24.0 Å². The molecule has 2 nitrogen and oxygen atoms in total. The highest BCUT2D eigenvalue weighted by Crippen LogP contribution is 2.36. The SMILES string of the molecule is [2H]C1N(Cc2ccccc2)C([2H])([2H])C([2H])([2H])N(C(CC)(CC)c2ccccc2)C1([2H])[2H]. The molecule has 0 aromatic heterocycles. The van der Waals surface area contributed by atoms with Crippen molar-refractivity contribution >= 4 is 0 Å². The molecule has 0 amide bonds. The van der Waals surface area contributed by atoms with E-state index in [4.69, 9.17) is 9.60 Å². The minimum absolute atomic E-state index is 0.0640. The van der Waals surface area contributed by atoms with Gasteiger partial charge in [0.05, 0.1) is 0 Å². The van der Waals surface area contributed by atoms with Gasteiger partial charge in [-0.25, -0.2) is 0 Å². The molecule has 1 heterocycles. The van der Waals surface area contributed by atoms with Crippen molar-refractivity contribution in [2.75, 3.05) is 26.0 Å². The Morgan fingerprint density at radius 1 is 0.875 bits per heavy atom. The highest BCUT2D eigenvalue weighted by Gasteiger charge is 2.36. The summed E-state index contributed by atoms with van der Waals surface area (Å²) in [5.74, 6) is 0. The van der Waals surface area contributed by atoms with Crippen LogP contribution < -0.4 is 0 Å². The molecular weight excluding hydrogens is 292 g/mol. The molecule has 2 aromatic carbocycles. The molecule has 128 valence electrons. The summed E-state index contributed by atoms with van der Waals surface area (Å²) in [6, 6.07) is 18.1. The molecule has 24 heavy (non-hydrogen) atoms. The normalized spacial score (nSPS) is 30.8. The lowest BCUT2D eigenvalue weighted by Crippen LogP contribution is -2.54. The minimum atomic E-state index is -2.70. The summed E-state index contributed by atoms with van der Waals surface area (Å²) >= 11 is 0. The Bertz CT molecular complexity index is 870. The monoisotopic (exact) mass is 329 g/mol. The van der Waals surface area contributed by atoms with Gasteiger partial charge >= 0.3 is 0 Å². The first-order chi connectivity index (χ1) is 14.5. The molecule has 1 atom stereocenters. The van der Waals surface area contributed by atoms with Crippen molar-refractivity contribution in [3.63, 3.8) is 0 Å². The average Bonchev–Trinajstić information content (AvgIpc) is 2.75. The van der Waals surface area contributed by atoms with Crippen LogP contribution in [0.2, 0.25) is 0 Å². The van der Waals surface area contributed by atoms with E-state index in [2.05, 4.69) is 0 Å². The lowest BCUT2D eigenvalue weighted by Gasteiger charge is -2.48. The van der Waals surface area contributed by atoms with Crippen molar-refractivity contribution in [3.05, 3.63) is 71.8 Å². The molecule has 1 saturated heterocycles. The summed E-state index contributed by atoms with van der Waals surface area (Å²) in [7, 11) is 0. The minimum Gasteiger partial charge on any atom is -0.297 e. The second kappa shape index (κ2) is 7.96. The van der Waals surface area contributed by atoms with Gasteiger partial charge in [-0.1, -0.05) is 74.5 Å². The highest BCUT2D eigenvalue weighted by molar-refractivity contribution is 5.25. The quantitative estimate of drug-likeness (QED) is 0.769. The van der Waals surface area contributed by atoms with Gasteiger partial charge < -0.3 is 0 Å². The summed E-state index contributed by atoms with van der Waals surface area (Å²) in [6.07, 6.45) is 0.738. The zero-order chi connectivity index (χ0) is 23.1. The molecule has 1 unspecified atom stereocenters. The number of nitrogens with zero attached hydrogens (tertiary/aromatic N) is 2. The second-order valence-electron chi connectivity index (χ2n) is 6.04. The second-order valence-corrected chi connectivity index (χ2v) is 6.04. The maximum atomic E-state index is 8.89. The third kappa shape index (κ3) is 3.55. The Morgan fingerprint density at radius 3 is 2.12 bits per heavy atom. The van der Waals surface area contributed by atoms with Crippen LogP contribution in [0.4, 0.5) is 0 Å². The highest BCUT2D eigenvalue weighted by atomic mass is 15.3. The molecular formula is C22H30N2. The maximum Gasteiger partial charge on any atom is 0.0456 e. The predicted molar refractivity (Wildman–Crippen MR) is 102 cm³/mol. The molecule has 0 radical (unpaired) electrons. The van der Waals surface area contributed by atoms with Gasteiger partial charge in [0.2, 0.25) is 0 Å². The van der Waals surface area contributed by atoms with Gasteiger partial charge in [-0.3, -0.25) is 9.80 Å². The third-order valence-corrected chi connectivity index (χ3v) is 4.75. The molecule has 2 aromatic rings. The lowest BCUT2D eigenvalue weighted by atomic mass is 9.82. The Kier molecular flexibility index (Phi) is 3.44. The number of hydrogen-bond donors (Lipinski definition) is 0. The fraction of sp³-hybridized carbons (Fsp3) is 0.455. The average molecular weight is 330 g/mol. The zero-order valence-electron chi connectivity index (χ0n) is 21.4. The van der Waals surface area contributed by atoms with E-state index in [0.717, 1.165) is 9.80 Å². The first-order valence-electron chi connectivity index (χ1n) is 12.1. The predicted octanol–water partition coefficient (Wildman–Crippen LogP) is 4.52. The fourth-order valence-corrected chi connectivity index (χ4v) is 3.25. The molecule has 0 saturated carbocycles. The smallest absolute Gasteiger partial charge is 0.0456 e. The Labute approximate surface area is 156 Å². The summed E-state index contributed by atoms with van der Waals surface area (Å²) in [6.45, 7) is -5.75. The Morgan fingerprint density at radius 2 is 1.50 bits per heavy atom. The lowest BCUT2D eigenvalue weighted by molar-refractivity contribution is 0.0204. The molecule has 0 aliphatic carbocycles. The largest absolute Gasteiger partial charge is 0.297 e. The van der Waals surface area contributed by atoms with Gasteiger partial charge in [0, 0.05) is 47.7 Å². The van der Waals surface area contributed by atoms with Crippen molar-refractivity contribution in [2.24, 2.45) is 0 Å². The summed E-state index contributed by atoms with van der Waals surface area (Å²) in [5, 5.41) is 0. The number of benzene rings is 2. The van der Waals surface area contributed by atoms with E-state index in [0.29, 0.717) is 24.0 Å². The molecule has 0 bridgehead atoms. The van der Waals surface area contributed by atoms with Crippen molar-refractivity contribution in [3.8, 4) is 0 Å². The molecule has 0 spiro atoms. The first kappa shape index (κ1) is 10.4. The van der Waals surface area contributed by atoms with Crippen molar-refractivity contribution in [1.82, 2.24) is 9.80 Å². The van der Waals surface area contributed by atoms with Gasteiger partial charge in [-0.2, -0.15) is 0 Å². The van der Waals surface area contributed by atoms with E-state index in [1.54, 1.807) is 24.3 Å². The van der Waals surface area contributed by atoms with Gasteiger partial charge in [0.25, 0.3) is 0 Å². The summed E-state index contributed by atoms with van der Waals surface area (Å²) < 4.78 is 61.8. The fourth-order valence-electron chi connectivity index (χ4n) is 3.25. The van der Waals surface area contributed by atoms with Crippen LogP contribution in [0.25, 0.3) is 0 Å². The van der Waals surface area contributed by atoms with Crippen LogP contribution in [0.15, 0.2) is 60.7 Å². The van der Waals surface area contributed by atoms with Crippen molar-refractivity contribution in [1.29, 1.82) is 0 Å². The topological polar surface area (TPSA) is 6.48 Å². The molecule has 1 aliphatic heterocycles. The van der Waals surface area contributed by atoms with E-state index in [9.17, 15) is 0 Å². The number of rotatable bonds is 6. The van der Waals surface area contributed by atoms with Crippen molar-refractivity contribution in [2.45, 2.75) is 38.8 Å². The van der Waals surface area contributed by atoms with E-state index in [1.807, 2.05) is 50.2 Å². The van der Waals surface area contributed by atoms with Crippen LogP contribution in [0.3, 0.4) is 0 Å². The standard InChI is InChI=1S/C22H30N2/c1-3-22(4-2,21-13-9-6-10-14-21)24-17-15-23(16-18-24)19-20-11-7-5-8-12-20/h5-14H,3-4,15-19H2,1-2H3/i15D,16D2,17D2,18D2. The molecule has 1 aliphatic rings. The summed E-state index contributed by atoms with van der Waals surface area (Å²) in [4.78, 5) is 2.00. The zero-order valence-corrected chi connectivity index (χ0v) is 14.4. The number of hydrogen-bond acceptors (Lipinski definition) is 2. The van der Waals surface area contributed by atoms with Crippen LogP contribution >= 0.6 is 0 Å². The van der Waals surface area contributed by atoms with Crippen LogP contribution in [-0.4, -0.2) is 35.8 Å². The van der Waals surface area contributed by atoms with Crippen LogP contribution in [0, 0.1) is 0 Å². The van der Waals surface area contributed by atoms with Gasteiger partial charge in [0.1, 0.15) is 0 Å². The van der Waals surface area contributed by atoms with Gasteiger partial charge in [0.15, 0.2) is 0 Å². The Balaban J connectivity index is 2.17. The van der Waals surface area contributed by atoms with Gasteiger partial charge in [-0.15, -0.1) is 0 Å². The van der Waals surface area contributed by atoms with Crippen molar-refractivity contribution < 1.29 is 9.60 Å². The van der Waals surface area contributed by atoms with E-state index in [-0.39, 0.29) is 6.54 Å². The number of piperazine rings is 1. The van der Waals surface area contributed by atoms with E-state index < -0.39 is 31.6 Å². The van der Waals surface area contributed by atoms with Crippen LogP contribution in [0.5, 0.6) is 0 Å². The molecule has 1 fully saturated rings. The van der Waals surface area contributed by atoms with E-state index >= 15 is 0 Å². The Hall–Kier alpha value is -1.64.